The summed E-state index contributed by atoms with van der Waals surface area (Å²) in [6.07, 6.45) is 1.06. The van der Waals surface area contributed by atoms with E-state index in [2.05, 4.69) is 68.1 Å². The van der Waals surface area contributed by atoms with Gasteiger partial charge < -0.3 is 40.4 Å². The molecule has 0 saturated carbocycles. The number of piperazine rings is 2. The zero-order valence-corrected chi connectivity index (χ0v) is 42.4. The molecule has 4 fully saturated rings. The molecule has 4 heterocycles. The van der Waals surface area contributed by atoms with Gasteiger partial charge in [-0.25, -0.2) is 9.59 Å². The summed E-state index contributed by atoms with van der Waals surface area (Å²) in [5, 5.41) is 10.0. The smallest absolute Gasteiger partial charge is 0.870 e. The van der Waals surface area contributed by atoms with Crippen molar-refractivity contribution in [2.75, 3.05) is 82.4 Å². The standard InChI is InChI=1S/C30H33N3O3.C29H31N3O3.Li.2H2O/c1-36-30(35)27-21-26(32-19-17-31(18-20-32)25-15-9-4-10-16-25)22-33(27)29(34)28(23-11-5-2-6-12-23)24-13-7-3-8-14-24;33-28(27(22-10-4-1-5-11-22)23-12-6-2-7-13-23)32-21-25(20-26(32)29(34)35)31-18-16-30(17-19-31)24-14-8-3-9-15-24;;;/h2-16,26-28H,17-22H2,1H3;1-15,25-27H,16-21H2,(H,34,35);;2*1H2/q;;+1;;/p-1/t26-,27-;25-,26-;;;/m00.../s1. The summed E-state index contributed by atoms with van der Waals surface area (Å²) >= 11 is 0. The van der Waals surface area contributed by atoms with Gasteiger partial charge in [0.15, 0.2) is 0 Å². The van der Waals surface area contributed by atoms with Crippen molar-refractivity contribution >= 4 is 35.1 Å². The molecule has 4 aliphatic rings. The van der Waals surface area contributed by atoms with Crippen molar-refractivity contribution in [1.82, 2.24) is 19.6 Å². The van der Waals surface area contributed by atoms with Gasteiger partial charge in [-0.2, -0.15) is 0 Å². The van der Waals surface area contributed by atoms with E-state index < -0.39 is 29.9 Å². The molecule has 6 aromatic rings. The first-order valence-electron chi connectivity index (χ1n) is 25.0. The molecule has 0 radical (unpaired) electrons. The average molecular weight is 995 g/mol. The molecule has 4 saturated heterocycles. The van der Waals surface area contributed by atoms with Crippen LogP contribution in [0.3, 0.4) is 0 Å². The van der Waals surface area contributed by atoms with Crippen molar-refractivity contribution in [3.63, 3.8) is 0 Å². The molecule has 0 aliphatic carbocycles. The van der Waals surface area contributed by atoms with E-state index in [-0.39, 0.29) is 59.7 Å². The van der Waals surface area contributed by atoms with Gasteiger partial charge in [0, 0.05) is 88.9 Å². The summed E-state index contributed by atoms with van der Waals surface area (Å²) in [6.45, 7) is 8.11. The van der Waals surface area contributed by atoms with Crippen LogP contribution in [0.25, 0.3) is 0 Å². The maximum absolute atomic E-state index is 14.1. The van der Waals surface area contributed by atoms with Crippen molar-refractivity contribution < 1.29 is 58.8 Å². The minimum absolute atomic E-state index is 0. The van der Waals surface area contributed by atoms with E-state index in [1.165, 1.54) is 18.5 Å². The SMILES string of the molecule is COC(=O)[C@@H]1C[C@H](N2CCN(c3ccccc3)CC2)CN1C(=O)C(c1ccccc1)c1ccccc1.O.O=C(O)[C@@H]1C[C@H](N2CCN(c3ccccc3)CC2)CN1C(=O)C(c1ccccc1)c1ccccc1.[Li+].[OH-]. The van der Waals surface area contributed by atoms with E-state index in [4.69, 9.17) is 4.74 Å². The minimum Gasteiger partial charge on any atom is -0.870 e. The Bertz CT molecular complexity index is 2590. The molecule has 0 bridgehead atoms. The summed E-state index contributed by atoms with van der Waals surface area (Å²) in [6, 6.07) is 58.6. The van der Waals surface area contributed by atoms with Crippen molar-refractivity contribution in [2.45, 2.75) is 48.8 Å². The Morgan fingerprint density at radius 3 is 1.04 bits per heavy atom. The Kier molecular flexibility index (Phi) is 20.6. The second kappa shape index (κ2) is 27.0. The summed E-state index contributed by atoms with van der Waals surface area (Å²) in [4.78, 5) is 66.1. The van der Waals surface area contributed by atoms with Crippen LogP contribution in [0, 0.1) is 0 Å². The van der Waals surface area contributed by atoms with Crippen molar-refractivity contribution in [1.29, 1.82) is 0 Å². The number of carboxylic acid groups (broad SMARTS) is 1. The molecule has 382 valence electrons. The van der Waals surface area contributed by atoms with Crippen LogP contribution in [-0.4, -0.2) is 156 Å². The fourth-order valence-corrected chi connectivity index (χ4v) is 11.1. The van der Waals surface area contributed by atoms with Crippen LogP contribution in [-0.2, 0) is 23.9 Å². The second-order valence-electron chi connectivity index (χ2n) is 18.9. The molecule has 4 N–H and O–H groups in total. The third kappa shape index (κ3) is 13.1. The molecule has 6 aromatic carbocycles. The van der Waals surface area contributed by atoms with Crippen LogP contribution >= 0.6 is 0 Å². The van der Waals surface area contributed by atoms with Crippen molar-refractivity contribution in [3.8, 4) is 0 Å². The van der Waals surface area contributed by atoms with E-state index in [1.807, 2.05) is 133 Å². The number of methoxy groups -OCH3 is 1. The van der Waals surface area contributed by atoms with E-state index >= 15 is 0 Å². The number of carboxylic acids is 1. The number of esters is 1. The Morgan fingerprint density at radius 1 is 0.459 bits per heavy atom. The summed E-state index contributed by atoms with van der Waals surface area (Å²) in [7, 11) is 1.41. The van der Waals surface area contributed by atoms with Crippen LogP contribution in [0.2, 0.25) is 0 Å². The normalized spacial score (nSPS) is 19.8. The molecule has 4 atom stereocenters. The topological polar surface area (TPSA) is 179 Å². The average Bonchev–Trinajstić information content (AvgIpc) is 4.10. The van der Waals surface area contributed by atoms with Crippen LogP contribution < -0.4 is 28.7 Å². The van der Waals surface area contributed by atoms with Gasteiger partial charge in [-0.15, -0.1) is 0 Å². The molecular formula is C59H67LiN6O8. The first-order valence-corrected chi connectivity index (χ1v) is 25.0. The maximum atomic E-state index is 14.1. The van der Waals surface area contributed by atoms with Crippen LogP contribution in [0.15, 0.2) is 182 Å². The summed E-state index contributed by atoms with van der Waals surface area (Å²) in [5.41, 5.74) is 6.07. The molecule has 0 aromatic heterocycles. The first kappa shape index (κ1) is 56.5. The molecule has 74 heavy (non-hydrogen) atoms. The number of para-hydroxylation sites is 2. The van der Waals surface area contributed by atoms with Crippen molar-refractivity contribution in [3.05, 3.63) is 204 Å². The Labute approximate surface area is 446 Å². The molecule has 15 heteroatoms. The number of nitrogens with zero attached hydrogens (tertiary/aromatic N) is 6. The van der Waals surface area contributed by atoms with Gasteiger partial charge in [0.1, 0.15) is 12.1 Å². The van der Waals surface area contributed by atoms with E-state index in [9.17, 15) is 24.3 Å². The fraction of sp³-hybridized carbons (Fsp3) is 0.322. The zero-order valence-electron chi connectivity index (χ0n) is 42.4. The number of hydrogen-bond donors (Lipinski definition) is 1. The predicted molar refractivity (Wildman–Crippen MR) is 283 cm³/mol. The number of amides is 2. The molecule has 2 amide bonds. The van der Waals surface area contributed by atoms with Gasteiger partial charge in [-0.1, -0.05) is 158 Å². The van der Waals surface area contributed by atoms with Crippen LogP contribution in [0.4, 0.5) is 11.4 Å². The number of anilines is 2. The summed E-state index contributed by atoms with van der Waals surface area (Å²) < 4.78 is 5.16. The van der Waals surface area contributed by atoms with Crippen molar-refractivity contribution in [2.24, 2.45) is 0 Å². The number of hydrogen-bond acceptors (Lipinski definition) is 10. The number of carbonyl (C=O) groups excluding carboxylic acids is 3. The zero-order chi connectivity index (χ0) is 49.1. The van der Waals surface area contributed by atoms with Gasteiger partial charge in [0.05, 0.1) is 18.9 Å². The predicted octanol–water partition coefficient (Wildman–Crippen LogP) is 3.48. The van der Waals surface area contributed by atoms with Gasteiger partial charge in [0.2, 0.25) is 11.8 Å². The Hall–Kier alpha value is -6.76. The molecule has 0 spiro atoms. The quantitative estimate of drug-likeness (QED) is 0.140. The molecule has 0 unspecified atom stereocenters. The fourth-order valence-electron chi connectivity index (χ4n) is 11.1. The monoisotopic (exact) mass is 995 g/mol. The minimum atomic E-state index is -0.927. The molecule has 14 nitrogen and oxygen atoms in total. The molecule has 10 rings (SSSR count). The van der Waals surface area contributed by atoms with E-state index in [0.29, 0.717) is 25.9 Å². The van der Waals surface area contributed by atoms with Gasteiger partial charge in [-0.05, 0) is 59.4 Å². The van der Waals surface area contributed by atoms with Gasteiger partial charge in [0.25, 0.3) is 0 Å². The number of benzene rings is 6. The second-order valence-corrected chi connectivity index (χ2v) is 18.9. The largest absolute Gasteiger partial charge is 1.00 e. The number of aliphatic carboxylic acids is 1. The van der Waals surface area contributed by atoms with Gasteiger partial charge in [-0.3, -0.25) is 19.4 Å². The number of ether oxygens (including phenoxy) is 1. The van der Waals surface area contributed by atoms with E-state index in [0.717, 1.165) is 74.6 Å². The Morgan fingerprint density at radius 2 is 0.743 bits per heavy atom. The third-order valence-corrected chi connectivity index (χ3v) is 14.8. The maximum Gasteiger partial charge on any atom is 1.00 e. The third-order valence-electron chi connectivity index (χ3n) is 14.8. The first-order chi connectivity index (χ1) is 34.8. The number of carbonyl (C=O) groups is 4. The Balaban J connectivity index is 0.000000232. The van der Waals surface area contributed by atoms with Gasteiger partial charge >= 0.3 is 30.8 Å². The molecule has 4 aliphatic heterocycles. The molecular weight excluding hydrogens is 928 g/mol. The van der Waals surface area contributed by atoms with Crippen LogP contribution in [0.1, 0.15) is 46.9 Å². The van der Waals surface area contributed by atoms with Crippen LogP contribution in [0.5, 0.6) is 0 Å². The summed E-state index contributed by atoms with van der Waals surface area (Å²) in [5.74, 6) is -2.44. The number of likely N-dealkylation sites (tertiary alicyclic amines) is 2. The number of rotatable bonds is 12. The van der Waals surface area contributed by atoms with E-state index in [1.54, 1.807) is 9.80 Å².